The molecule has 2 aliphatic rings. The number of nitrogens with two attached hydrogens (primary N) is 1. The number of piperidine rings is 1. The van der Waals surface area contributed by atoms with Crippen LogP contribution in [0, 0.1) is 5.82 Å². The van der Waals surface area contributed by atoms with Crippen LogP contribution in [0.2, 0.25) is 0 Å². The Bertz CT molecular complexity index is 992. The minimum atomic E-state index is -0.893. The van der Waals surface area contributed by atoms with E-state index < -0.39 is 11.2 Å². The van der Waals surface area contributed by atoms with Gasteiger partial charge in [-0.1, -0.05) is 0 Å². The standard InChI is InChI=1S/C23H32FN5O3/c1-22(2,3)32-21(30)28-10-11-29-18(15-28)13-17(26-29)14-23(31)6-8-27(9-7-23)20-5-4-16(25)12-19(20)24/h4-5,12-13,31H,6-11,14-15,25H2,1-3H3. The van der Waals surface area contributed by atoms with E-state index in [1.54, 1.807) is 17.0 Å². The number of amides is 1. The summed E-state index contributed by atoms with van der Waals surface area (Å²) in [5.74, 6) is -0.341. The smallest absolute Gasteiger partial charge is 0.410 e. The molecule has 0 atom stereocenters. The predicted octanol–water partition coefficient (Wildman–Crippen LogP) is 2.93. The molecule has 9 heteroatoms. The van der Waals surface area contributed by atoms with Gasteiger partial charge in [0.25, 0.3) is 0 Å². The molecule has 0 aliphatic carbocycles. The number of aromatic nitrogens is 2. The third-order valence-corrected chi connectivity index (χ3v) is 6.02. The maximum absolute atomic E-state index is 14.3. The minimum absolute atomic E-state index is 0.326. The number of hydrogen-bond donors (Lipinski definition) is 2. The van der Waals surface area contributed by atoms with Gasteiger partial charge in [0, 0.05) is 31.7 Å². The van der Waals surface area contributed by atoms with Crippen molar-refractivity contribution in [2.75, 3.05) is 30.3 Å². The summed E-state index contributed by atoms with van der Waals surface area (Å²) in [7, 11) is 0. The maximum atomic E-state index is 14.3. The molecule has 3 heterocycles. The lowest BCUT2D eigenvalue weighted by atomic mass is 9.86. The van der Waals surface area contributed by atoms with Crippen LogP contribution >= 0.6 is 0 Å². The molecule has 1 aromatic heterocycles. The zero-order valence-corrected chi connectivity index (χ0v) is 19.0. The van der Waals surface area contributed by atoms with E-state index in [0.717, 1.165) is 11.4 Å². The summed E-state index contributed by atoms with van der Waals surface area (Å²) in [6, 6.07) is 6.66. The van der Waals surface area contributed by atoms with Crippen molar-refractivity contribution in [2.24, 2.45) is 0 Å². The third kappa shape index (κ3) is 4.98. The fraction of sp³-hybridized carbons (Fsp3) is 0.565. The molecule has 0 saturated carbocycles. The number of carbonyl (C=O) groups excluding carboxylic acids is 1. The molecular formula is C23H32FN5O3. The fourth-order valence-electron chi connectivity index (χ4n) is 4.35. The summed E-state index contributed by atoms with van der Waals surface area (Å²) < 4.78 is 21.6. The first-order valence-corrected chi connectivity index (χ1v) is 11.1. The van der Waals surface area contributed by atoms with E-state index >= 15 is 0 Å². The van der Waals surface area contributed by atoms with Gasteiger partial charge in [0.15, 0.2) is 0 Å². The lowest BCUT2D eigenvalue weighted by Crippen LogP contribution is -2.46. The van der Waals surface area contributed by atoms with Gasteiger partial charge in [0.1, 0.15) is 11.4 Å². The van der Waals surface area contributed by atoms with Crippen molar-refractivity contribution in [1.82, 2.24) is 14.7 Å². The fourth-order valence-corrected chi connectivity index (χ4v) is 4.35. The van der Waals surface area contributed by atoms with E-state index in [0.29, 0.717) is 63.4 Å². The van der Waals surface area contributed by atoms with Gasteiger partial charge in [0.2, 0.25) is 0 Å². The number of nitrogens with zero attached hydrogens (tertiary/aromatic N) is 4. The van der Waals surface area contributed by atoms with Crippen molar-refractivity contribution in [2.45, 2.75) is 64.3 Å². The second-order valence-corrected chi connectivity index (χ2v) is 9.85. The van der Waals surface area contributed by atoms with Crippen LogP contribution in [-0.2, 0) is 24.2 Å². The summed E-state index contributed by atoms with van der Waals surface area (Å²) in [6.07, 6.45) is 1.14. The van der Waals surface area contributed by atoms with Gasteiger partial charge in [-0.15, -0.1) is 0 Å². The monoisotopic (exact) mass is 445 g/mol. The number of carbonyl (C=O) groups is 1. The first kappa shape index (κ1) is 22.4. The second kappa shape index (κ2) is 8.27. The Balaban J connectivity index is 1.37. The Labute approximate surface area is 187 Å². The Morgan fingerprint density at radius 3 is 2.59 bits per heavy atom. The SMILES string of the molecule is CC(C)(C)OC(=O)N1CCn2nc(CC3(O)CCN(c4ccc(N)cc4F)CC3)cc2C1. The largest absolute Gasteiger partial charge is 0.444 e. The normalized spacial score (nSPS) is 18.4. The van der Waals surface area contributed by atoms with Crippen molar-refractivity contribution in [3.05, 3.63) is 41.5 Å². The van der Waals surface area contributed by atoms with E-state index in [4.69, 9.17) is 10.5 Å². The maximum Gasteiger partial charge on any atom is 0.410 e. The number of nitrogen functional groups attached to an aromatic ring is 1. The molecule has 32 heavy (non-hydrogen) atoms. The van der Waals surface area contributed by atoms with Gasteiger partial charge in [-0.25, -0.2) is 9.18 Å². The number of benzene rings is 1. The molecule has 1 aromatic carbocycles. The van der Waals surface area contributed by atoms with Gasteiger partial charge in [-0.05, 0) is 57.9 Å². The number of rotatable bonds is 3. The molecule has 2 aliphatic heterocycles. The van der Waals surface area contributed by atoms with Crippen LogP contribution in [0.15, 0.2) is 24.3 Å². The number of halogens is 1. The summed E-state index contributed by atoms with van der Waals surface area (Å²) in [5.41, 5.74) is 6.87. The van der Waals surface area contributed by atoms with Crippen molar-refractivity contribution < 1.29 is 19.0 Å². The Kier molecular flexibility index (Phi) is 5.79. The quantitative estimate of drug-likeness (QED) is 0.705. The minimum Gasteiger partial charge on any atom is -0.444 e. The molecule has 8 nitrogen and oxygen atoms in total. The third-order valence-electron chi connectivity index (χ3n) is 6.02. The van der Waals surface area contributed by atoms with Gasteiger partial charge in [-0.2, -0.15) is 5.10 Å². The Hall–Kier alpha value is -2.81. The highest BCUT2D eigenvalue weighted by molar-refractivity contribution is 5.68. The number of anilines is 2. The van der Waals surface area contributed by atoms with Crippen molar-refractivity contribution in [3.63, 3.8) is 0 Å². The van der Waals surface area contributed by atoms with E-state index in [9.17, 15) is 14.3 Å². The zero-order valence-electron chi connectivity index (χ0n) is 19.0. The van der Waals surface area contributed by atoms with Gasteiger partial charge >= 0.3 is 6.09 Å². The van der Waals surface area contributed by atoms with Crippen LogP contribution in [0.25, 0.3) is 0 Å². The average Bonchev–Trinajstić information content (AvgIpc) is 3.08. The van der Waals surface area contributed by atoms with Crippen molar-refractivity contribution in [1.29, 1.82) is 0 Å². The van der Waals surface area contributed by atoms with Crippen LogP contribution < -0.4 is 10.6 Å². The molecule has 2 aromatic rings. The summed E-state index contributed by atoms with van der Waals surface area (Å²) in [5, 5.41) is 15.8. The van der Waals surface area contributed by atoms with E-state index in [1.807, 2.05) is 36.4 Å². The molecular weight excluding hydrogens is 413 g/mol. The van der Waals surface area contributed by atoms with Crippen LogP contribution in [0.3, 0.4) is 0 Å². The average molecular weight is 446 g/mol. The van der Waals surface area contributed by atoms with Gasteiger partial charge in [-0.3, -0.25) is 4.68 Å². The van der Waals surface area contributed by atoms with E-state index in [-0.39, 0.29) is 11.9 Å². The molecule has 0 radical (unpaired) electrons. The first-order valence-electron chi connectivity index (χ1n) is 11.1. The Morgan fingerprint density at radius 2 is 1.94 bits per heavy atom. The highest BCUT2D eigenvalue weighted by Gasteiger charge is 2.35. The zero-order chi connectivity index (χ0) is 23.1. The molecule has 0 spiro atoms. The first-order chi connectivity index (χ1) is 15.0. The summed E-state index contributed by atoms with van der Waals surface area (Å²) >= 11 is 0. The molecule has 0 bridgehead atoms. The van der Waals surface area contributed by atoms with Crippen molar-refractivity contribution in [3.8, 4) is 0 Å². The molecule has 0 unspecified atom stereocenters. The number of fused-ring (bicyclic) bond motifs is 1. The number of hydrogen-bond acceptors (Lipinski definition) is 6. The molecule has 1 amide bonds. The lowest BCUT2D eigenvalue weighted by molar-refractivity contribution is 0.0154. The van der Waals surface area contributed by atoms with Crippen LogP contribution in [0.4, 0.5) is 20.6 Å². The highest BCUT2D eigenvalue weighted by Crippen LogP contribution is 2.31. The second-order valence-electron chi connectivity index (χ2n) is 9.85. The molecule has 1 fully saturated rings. The van der Waals surface area contributed by atoms with E-state index in [1.165, 1.54) is 6.07 Å². The van der Waals surface area contributed by atoms with E-state index in [2.05, 4.69) is 5.10 Å². The van der Waals surface area contributed by atoms with Crippen LogP contribution in [0.1, 0.15) is 45.0 Å². The molecule has 174 valence electrons. The van der Waals surface area contributed by atoms with Gasteiger partial charge in [0.05, 0.1) is 35.8 Å². The van der Waals surface area contributed by atoms with Crippen molar-refractivity contribution >= 4 is 17.5 Å². The predicted molar refractivity (Wildman–Crippen MR) is 120 cm³/mol. The lowest BCUT2D eigenvalue weighted by Gasteiger charge is -2.39. The highest BCUT2D eigenvalue weighted by atomic mass is 19.1. The van der Waals surface area contributed by atoms with Crippen LogP contribution in [-0.4, -0.2) is 56.7 Å². The number of ether oxygens (including phenoxy) is 1. The Morgan fingerprint density at radius 1 is 1.22 bits per heavy atom. The summed E-state index contributed by atoms with van der Waals surface area (Å²) in [4.78, 5) is 16.0. The topological polar surface area (TPSA) is 96.8 Å². The molecule has 3 N–H and O–H groups in total. The molecule has 1 saturated heterocycles. The number of aliphatic hydroxyl groups is 1. The van der Waals surface area contributed by atoms with Gasteiger partial charge < -0.3 is 25.4 Å². The summed E-state index contributed by atoms with van der Waals surface area (Å²) in [6.45, 7) is 8.23. The van der Waals surface area contributed by atoms with Crippen LogP contribution in [0.5, 0.6) is 0 Å². The molecule has 4 rings (SSSR count).